The molecular formula is C14H18ClNO. The van der Waals surface area contributed by atoms with Crippen LogP contribution in [0, 0.1) is 5.92 Å². The van der Waals surface area contributed by atoms with Crippen molar-refractivity contribution < 1.29 is 4.79 Å². The number of rotatable bonds is 4. The van der Waals surface area contributed by atoms with Crippen molar-refractivity contribution in [3.05, 3.63) is 34.9 Å². The summed E-state index contributed by atoms with van der Waals surface area (Å²) in [4.78, 5) is 12.2. The van der Waals surface area contributed by atoms with Gasteiger partial charge >= 0.3 is 0 Å². The predicted molar refractivity (Wildman–Crippen MR) is 70.2 cm³/mol. The fraction of sp³-hybridized carbons (Fsp3) is 0.500. The standard InChI is InChI=1S/C14H18ClNO/c1-10(2)9-16-13(17)14(7-8-14)11-5-3-4-6-12(11)15/h3-6,10H,7-9H2,1-2H3,(H,16,17). The van der Waals surface area contributed by atoms with E-state index in [1.54, 1.807) is 0 Å². The van der Waals surface area contributed by atoms with E-state index in [1.807, 2.05) is 24.3 Å². The van der Waals surface area contributed by atoms with Crippen molar-refractivity contribution in [3.8, 4) is 0 Å². The first-order valence-corrected chi connectivity index (χ1v) is 6.47. The van der Waals surface area contributed by atoms with Crippen LogP contribution in [0.2, 0.25) is 5.02 Å². The molecular weight excluding hydrogens is 234 g/mol. The van der Waals surface area contributed by atoms with Gasteiger partial charge in [0, 0.05) is 11.6 Å². The van der Waals surface area contributed by atoms with E-state index >= 15 is 0 Å². The quantitative estimate of drug-likeness (QED) is 0.875. The van der Waals surface area contributed by atoms with E-state index in [0.717, 1.165) is 24.9 Å². The average Bonchev–Trinajstić information content (AvgIpc) is 3.07. The number of hydrogen-bond acceptors (Lipinski definition) is 1. The maximum atomic E-state index is 12.2. The minimum atomic E-state index is -0.354. The highest BCUT2D eigenvalue weighted by Gasteiger charge is 2.52. The van der Waals surface area contributed by atoms with Crippen LogP contribution in [0.15, 0.2) is 24.3 Å². The molecule has 1 aromatic rings. The third-order valence-electron chi connectivity index (χ3n) is 3.24. The molecule has 0 atom stereocenters. The minimum absolute atomic E-state index is 0.124. The van der Waals surface area contributed by atoms with Gasteiger partial charge in [0.05, 0.1) is 5.41 Å². The molecule has 2 rings (SSSR count). The number of nitrogens with one attached hydrogen (secondary N) is 1. The lowest BCUT2D eigenvalue weighted by molar-refractivity contribution is -0.123. The summed E-state index contributed by atoms with van der Waals surface area (Å²) < 4.78 is 0. The lowest BCUT2D eigenvalue weighted by Crippen LogP contribution is -2.36. The van der Waals surface area contributed by atoms with E-state index in [-0.39, 0.29) is 11.3 Å². The van der Waals surface area contributed by atoms with Crippen molar-refractivity contribution in [1.82, 2.24) is 5.32 Å². The number of benzene rings is 1. The van der Waals surface area contributed by atoms with Crippen LogP contribution in [-0.2, 0) is 10.2 Å². The van der Waals surface area contributed by atoms with Gasteiger partial charge in [0.15, 0.2) is 0 Å². The number of carbonyl (C=O) groups excluding carboxylic acids is 1. The molecule has 1 saturated carbocycles. The first-order chi connectivity index (χ1) is 8.06. The molecule has 1 amide bonds. The topological polar surface area (TPSA) is 29.1 Å². The lowest BCUT2D eigenvalue weighted by Gasteiger charge is -2.18. The maximum absolute atomic E-state index is 12.2. The SMILES string of the molecule is CC(C)CNC(=O)C1(c2ccccc2Cl)CC1. The van der Waals surface area contributed by atoms with Crippen LogP contribution in [0.4, 0.5) is 0 Å². The smallest absolute Gasteiger partial charge is 0.230 e. The highest BCUT2D eigenvalue weighted by Crippen LogP contribution is 2.50. The van der Waals surface area contributed by atoms with Gasteiger partial charge in [0.1, 0.15) is 0 Å². The molecule has 1 aromatic carbocycles. The van der Waals surface area contributed by atoms with Crippen molar-refractivity contribution in [3.63, 3.8) is 0 Å². The molecule has 1 aliphatic rings. The largest absolute Gasteiger partial charge is 0.355 e. The first-order valence-electron chi connectivity index (χ1n) is 6.09. The minimum Gasteiger partial charge on any atom is -0.355 e. The molecule has 0 bridgehead atoms. The lowest BCUT2D eigenvalue weighted by atomic mass is 9.94. The Morgan fingerprint density at radius 1 is 1.41 bits per heavy atom. The second-order valence-corrected chi connectivity index (χ2v) is 5.57. The van der Waals surface area contributed by atoms with Gasteiger partial charge in [-0.2, -0.15) is 0 Å². The molecule has 3 heteroatoms. The maximum Gasteiger partial charge on any atom is 0.230 e. The van der Waals surface area contributed by atoms with E-state index in [9.17, 15) is 4.79 Å². The molecule has 17 heavy (non-hydrogen) atoms. The van der Waals surface area contributed by atoms with Crippen LogP contribution in [0.3, 0.4) is 0 Å². The normalized spacial score (nSPS) is 16.9. The fourth-order valence-electron chi connectivity index (χ4n) is 2.06. The van der Waals surface area contributed by atoms with Gasteiger partial charge in [-0.3, -0.25) is 4.79 Å². The Kier molecular flexibility index (Phi) is 3.43. The third-order valence-corrected chi connectivity index (χ3v) is 3.57. The Labute approximate surface area is 107 Å². The molecule has 0 heterocycles. The summed E-state index contributed by atoms with van der Waals surface area (Å²) in [6, 6.07) is 7.65. The number of carbonyl (C=O) groups is 1. The zero-order valence-corrected chi connectivity index (χ0v) is 11.1. The van der Waals surface area contributed by atoms with Crippen molar-refractivity contribution in [2.45, 2.75) is 32.1 Å². The zero-order chi connectivity index (χ0) is 12.5. The third kappa shape index (κ3) is 2.47. The van der Waals surface area contributed by atoms with Gasteiger partial charge in [-0.05, 0) is 30.4 Å². The van der Waals surface area contributed by atoms with Gasteiger partial charge < -0.3 is 5.32 Å². The molecule has 0 saturated heterocycles. The van der Waals surface area contributed by atoms with E-state index in [0.29, 0.717) is 10.9 Å². The van der Waals surface area contributed by atoms with Crippen molar-refractivity contribution in [1.29, 1.82) is 0 Å². The summed E-state index contributed by atoms with van der Waals surface area (Å²) in [5.41, 5.74) is 0.621. The molecule has 1 fully saturated rings. The second kappa shape index (κ2) is 4.69. The van der Waals surface area contributed by atoms with E-state index in [4.69, 9.17) is 11.6 Å². The van der Waals surface area contributed by atoms with Crippen LogP contribution in [0.25, 0.3) is 0 Å². The highest BCUT2D eigenvalue weighted by molar-refractivity contribution is 6.31. The van der Waals surface area contributed by atoms with E-state index in [2.05, 4.69) is 19.2 Å². The van der Waals surface area contributed by atoms with Crippen molar-refractivity contribution in [2.24, 2.45) is 5.92 Å². The highest BCUT2D eigenvalue weighted by atomic mass is 35.5. The van der Waals surface area contributed by atoms with Crippen LogP contribution >= 0.6 is 11.6 Å². The van der Waals surface area contributed by atoms with Gasteiger partial charge in [0.2, 0.25) is 5.91 Å². The van der Waals surface area contributed by atoms with Crippen LogP contribution in [-0.4, -0.2) is 12.5 Å². The van der Waals surface area contributed by atoms with Crippen LogP contribution in [0.1, 0.15) is 32.3 Å². The molecule has 0 unspecified atom stereocenters. The summed E-state index contributed by atoms with van der Waals surface area (Å²) in [6.45, 7) is 4.91. The molecule has 0 aliphatic heterocycles. The molecule has 1 aliphatic carbocycles. The Hall–Kier alpha value is -1.02. The summed E-state index contributed by atoms with van der Waals surface area (Å²) in [5.74, 6) is 0.597. The Balaban J connectivity index is 2.15. The number of halogens is 1. The fourth-order valence-corrected chi connectivity index (χ4v) is 2.38. The van der Waals surface area contributed by atoms with Gasteiger partial charge in [-0.15, -0.1) is 0 Å². The molecule has 0 aromatic heterocycles. The first kappa shape index (κ1) is 12.4. The molecule has 2 nitrogen and oxygen atoms in total. The molecule has 1 N–H and O–H groups in total. The van der Waals surface area contributed by atoms with Gasteiger partial charge in [-0.1, -0.05) is 43.6 Å². The monoisotopic (exact) mass is 251 g/mol. The zero-order valence-electron chi connectivity index (χ0n) is 10.3. The molecule has 0 radical (unpaired) electrons. The number of amides is 1. The Morgan fingerprint density at radius 3 is 2.59 bits per heavy atom. The molecule has 0 spiro atoms. The van der Waals surface area contributed by atoms with E-state index < -0.39 is 0 Å². The summed E-state index contributed by atoms with van der Waals surface area (Å²) in [7, 11) is 0. The average molecular weight is 252 g/mol. The van der Waals surface area contributed by atoms with Crippen LogP contribution < -0.4 is 5.32 Å². The van der Waals surface area contributed by atoms with Crippen molar-refractivity contribution in [2.75, 3.05) is 6.54 Å². The molecule has 92 valence electrons. The summed E-state index contributed by atoms with van der Waals surface area (Å²) in [5, 5.41) is 3.71. The van der Waals surface area contributed by atoms with Crippen molar-refractivity contribution >= 4 is 17.5 Å². The summed E-state index contributed by atoms with van der Waals surface area (Å²) in [6.07, 6.45) is 1.81. The second-order valence-electron chi connectivity index (χ2n) is 5.17. The Morgan fingerprint density at radius 2 is 2.06 bits per heavy atom. The summed E-state index contributed by atoms with van der Waals surface area (Å²) >= 11 is 6.18. The van der Waals surface area contributed by atoms with E-state index in [1.165, 1.54) is 0 Å². The van der Waals surface area contributed by atoms with Crippen LogP contribution in [0.5, 0.6) is 0 Å². The predicted octanol–water partition coefficient (Wildman–Crippen LogP) is 3.14. The van der Waals surface area contributed by atoms with Gasteiger partial charge in [-0.25, -0.2) is 0 Å². The Bertz CT molecular complexity index is 424. The van der Waals surface area contributed by atoms with Gasteiger partial charge in [0.25, 0.3) is 0 Å². The number of hydrogen-bond donors (Lipinski definition) is 1.